The molecule has 19 heavy (non-hydrogen) atoms. The highest BCUT2D eigenvalue weighted by atomic mass is 79.9. The number of hydrogen-bond donors (Lipinski definition) is 3. The second kappa shape index (κ2) is 7.02. The zero-order valence-corrected chi connectivity index (χ0v) is 13.4. The number of carbonyl (C=O) groups excluding carboxylic acids is 1. The van der Waals surface area contributed by atoms with E-state index >= 15 is 0 Å². The molecule has 0 aliphatic heterocycles. The van der Waals surface area contributed by atoms with Crippen LogP contribution >= 0.6 is 31.9 Å². The van der Waals surface area contributed by atoms with Gasteiger partial charge in [-0.15, -0.1) is 0 Å². The number of amides is 1. The number of aryl methyl sites for hydroxylation is 1. The minimum absolute atomic E-state index is 0.0995. The maximum absolute atomic E-state index is 11.8. The van der Waals surface area contributed by atoms with Crippen molar-refractivity contribution < 1.29 is 14.7 Å². The molecule has 0 spiro atoms. The van der Waals surface area contributed by atoms with Gasteiger partial charge in [0.1, 0.15) is 0 Å². The van der Waals surface area contributed by atoms with E-state index in [1.165, 1.54) is 0 Å². The lowest BCUT2D eigenvalue weighted by Crippen LogP contribution is -2.36. The van der Waals surface area contributed by atoms with Crippen molar-refractivity contribution in [1.29, 1.82) is 0 Å². The number of carbonyl (C=O) groups is 2. The SMILES string of the molecule is Cc1cc(Br)c(NC(=O)C(N)CCC(=O)O)c(Br)c1. The van der Waals surface area contributed by atoms with Crippen LogP contribution in [0.3, 0.4) is 0 Å². The Labute approximate surface area is 127 Å². The first-order valence-electron chi connectivity index (χ1n) is 5.55. The molecule has 4 N–H and O–H groups in total. The number of aliphatic carboxylic acids is 1. The van der Waals surface area contributed by atoms with Gasteiger partial charge < -0.3 is 16.2 Å². The maximum Gasteiger partial charge on any atom is 0.303 e. The maximum atomic E-state index is 11.8. The van der Waals surface area contributed by atoms with Gasteiger partial charge in [-0.3, -0.25) is 9.59 Å². The first kappa shape index (κ1) is 16.1. The van der Waals surface area contributed by atoms with E-state index in [2.05, 4.69) is 37.2 Å². The number of nitrogens with two attached hydrogens (primary N) is 1. The Kier molecular flexibility index (Phi) is 5.96. The van der Waals surface area contributed by atoms with Crippen LogP contribution in [0.4, 0.5) is 5.69 Å². The molecule has 0 aliphatic rings. The average Bonchev–Trinajstić information content (AvgIpc) is 2.30. The van der Waals surface area contributed by atoms with Crippen LogP contribution in [-0.4, -0.2) is 23.0 Å². The molecule has 7 heteroatoms. The summed E-state index contributed by atoms with van der Waals surface area (Å²) in [6.45, 7) is 1.93. The van der Waals surface area contributed by atoms with Crippen molar-refractivity contribution >= 4 is 49.4 Å². The number of rotatable bonds is 5. The van der Waals surface area contributed by atoms with Crippen molar-refractivity contribution in [3.8, 4) is 0 Å². The summed E-state index contributed by atoms with van der Waals surface area (Å²) in [4.78, 5) is 22.3. The fourth-order valence-electron chi connectivity index (χ4n) is 1.45. The minimum Gasteiger partial charge on any atom is -0.481 e. The van der Waals surface area contributed by atoms with E-state index in [1.54, 1.807) is 0 Å². The van der Waals surface area contributed by atoms with E-state index in [-0.39, 0.29) is 12.8 Å². The standard InChI is InChI=1S/C12H14Br2N2O3/c1-6-4-7(13)11(8(14)5-6)16-12(19)9(15)2-3-10(17)18/h4-5,9H,2-3,15H2,1H3,(H,16,19)(H,17,18). The highest BCUT2D eigenvalue weighted by molar-refractivity contribution is 9.11. The molecule has 0 radical (unpaired) electrons. The Balaban J connectivity index is 2.74. The molecule has 1 amide bonds. The number of anilines is 1. The van der Waals surface area contributed by atoms with Crippen molar-refractivity contribution in [1.82, 2.24) is 0 Å². The van der Waals surface area contributed by atoms with Crippen molar-refractivity contribution in [3.05, 3.63) is 26.6 Å². The number of halogens is 2. The Morgan fingerprint density at radius 3 is 2.37 bits per heavy atom. The summed E-state index contributed by atoms with van der Waals surface area (Å²) in [6.07, 6.45) is -0.0346. The molecule has 0 bridgehead atoms. The second-order valence-corrected chi connectivity index (χ2v) is 5.84. The first-order chi connectivity index (χ1) is 8.81. The summed E-state index contributed by atoms with van der Waals surface area (Å²) in [6, 6.07) is 2.88. The fraction of sp³-hybridized carbons (Fsp3) is 0.333. The van der Waals surface area contributed by atoms with Crippen LogP contribution in [0.15, 0.2) is 21.1 Å². The monoisotopic (exact) mass is 392 g/mol. The van der Waals surface area contributed by atoms with E-state index in [1.807, 2.05) is 19.1 Å². The Bertz CT molecular complexity index is 483. The molecule has 1 unspecified atom stereocenters. The van der Waals surface area contributed by atoms with Gasteiger partial charge in [0.2, 0.25) is 5.91 Å². The normalized spacial score (nSPS) is 12.0. The molecule has 104 valence electrons. The van der Waals surface area contributed by atoms with Crippen LogP contribution in [0, 0.1) is 6.92 Å². The van der Waals surface area contributed by atoms with Gasteiger partial charge in [0.25, 0.3) is 0 Å². The summed E-state index contributed by atoms with van der Waals surface area (Å²) >= 11 is 6.72. The number of hydrogen-bond acceptors (Lipinski definition) is 3. The minimum atomic E-state index is -0.971. The van der Waals surface area contributed by atoms with Gasteiger partial charge in [0, 0.05) is 15.4 Å². The molecule has 0 saturated heterocycles. The third kappa shape index (κ3) is 4.93. The van der Waals surface area contributed by atoms with E-state index < -0.39 is 17.9 Å². The largest absolute Gasteiger partial charge is 0.481 e. The van der Waals surface area contributed by atoms with Gasteiger partial charge in [-0.2, -0.15) is 0 Å². The third-order valence-corrected chi connectivity index (χ3v) is 3.69. The fourth-order valence-corrected chi connectivity index (χ4v) is 3.06. The molecule has 0 aliphatic carbocycles. The van der Waals surface area contributed by atoms with Gasteiger partial charge in [-0.1, -0.05) is 0 Å². The van der Waals surface area contributed by atoms with Crippen molar-refractivity contribution in [2.24, 2.45) is 5.73 Å². The van der Waals surface area contributed by atoms with E-state index in [9.17, 15) is 9.59 Å². The van der Waals surface area contributed by atoms with Gasteiger partial charge in [-0.05, 0) is 62.9 Å². The lowest BCUT2D eigenvalue weighted by atomic mass is 10.1. The average molecular weight is 394 g/mol. The zero-order valence-electron chi connectivity index (χ0n) is 10.2. The van der Waals surface area contributed by atoms with Crippen LogP contribution in [0.5, 0.6) is 0 Å². The van der Waals surface area contributed by atoms with Crippen molar-refractivity contribution in [2.45, 2.75) is 25.8 Å². The van der Waals surface area contributed by atoms with Crippen molar-refractivity contribution in [2.75, 3.05) is 5.32 Å². The number of nitrogens with one attached hydrogen (secondary N) is 1. The van der Waals surface area contributed by atoms with Crippen LogP contribution in [0.25, 0.3) is 0 Å². The summed E-state index contributed by atoms with van der Waals surface area (Å²) in [5.74, 6) is -1.38. The summed E-state index contributed by atoms with van der Waals surface area (Å²) in [7, 11) is 0. The van der Waals surface area contributed by atoms with Crippen LogP contribution in [0.1, 0.15) is 18.4 Å². The van der Waals surface area contributed by atoms with Gasteiger partial charge in [0.05, 0.1) is 11.7 Å². The predicted molar refractivity (Wildman–Crippen MR) is 80.1 cm³/mol. The Morgan fingerprint density at radius 2 is 1.89 bits per heavy atom. The highest BCUT2D eigenvalue weighted by Gasteiger charge is 2.17. The molecule has 1 aromatic carbocycles. The highest BCUT2D eigenvalue weighted by Crippen LogP contribution is 2.32. The lowest BCUT2D eigenvalue weighted by molar-refractivity contribution is -0.137. The Morgan fingerprint density at radius 1 is 1.37 bits per heavy atom. The quantitative estimate of drug-likeness (QED) is 0.716. The molecule has 0 aromatic heterocycles. The first-order valence-corrected chi connectivity index (χ1v) is 7.13. The Hall–Kier alpha value is -0.920. The number of benzene rings is 1. The van der Waals surface area contributed by atoms with E-state index in [4.69, 9.17) is 10.8 Å². The van der Waals surface area contributed by atoms with Gasteiger partial charge in [-0.25, -0.2) is 0 Å². The van der Waals surface area contributed by atoms with Crippen LogP contribution < -0.4 is 11.1 Å². The molecule has 0 heterocycles. The molecule has 1 rings (SSSR count). The van der Waals surface area contributed by atoms with Crippen molar-refractivity contribution in [3.63, 3.8) is 0 Å². The molecule has 5 nitrogen and oxygen atoms in total. The summed E-state index contributed by atoms with van der Waals surface area (Å²) in [5, 5.41) is 11.2. The molecule has 1 atom stereocenters. The van der Waals surface area contributed by atoms with Crippen LogP contribution in [0.2, 0.25) is 0 Å². The number of carboxylic acid groups (broad SMARTS) is 1. The molecular formula is C12H14Br2N2O3. The summed E-state index contributed by atoms with van der Waals surface area (Å²) in [5.41, 5.74) is 7.26. The topological polar surface area (TPSA) is 92.4 Å². The lowest BCUT2D eigenvalue weighted by Gasteiger charge is -2.14. The molecular weight excluding hydrogens is 380 g/mol. The van der Waals surface area contributed by atoms with E-state index in [0.29, 0.717) is 5.69 Å². The molecule has 0 saturated carbocycles. The second-order valence-electron chi connectivity index (χ2n) is 4.13. The van der Waals surface area contributed by atoms with E-state index in [0.717, 1.165) is 14.5 Å². The number of carboxylic acids is 1. The van der Waals surface area contributed by atoms with Crippen LogP contribution in [-0.2, 0) is 9.59 Å². The predicted octanol–water partition coefficient (Wildman–Crippen LogP) is 2.65. The smallest absolute Gasteiger partial charge is 0.303 e. The molecule has 0 fully saturated rings. The third-order valence-electron chi connectivity index (χ3n) is 2.44. The van der Waals surface area contributed by atoms with Gasteiger partial charge >= 0.3 is 5.97 Å². The summed E-state index contributed by atoms with van der Waals surface area (Å²) < 4.78 is 1.47. The molecule has 1 aromatic rings. The zero-order chi connectivity index (χ0) is 14.6. The van der Waals surface area contributed by atoms with Gasteiger partial charge in [0.15, 0.2) is 0 Å².